The molecule has 0 radical (unpaired) electrons. The summed E-state index contributed by atoms with van der Waals surface area (Å²) < 4.78 is 35.9. The van der Waals surface area contributed by atoms with Crippen LogP contribution in [0.25, 0.3) is 11.3 Å². The molecule has 0 aliphatic carbocycles. The molecule has 2 aromatic heterocycles. The maximum absolute atomic E-state index is 13.6. The van der Waals surface area contributed by atoms with E-state index < -0.39 is 12.8 Å². The van der Waals surface area contributed by atoms with Gasteiger partial charge in [-0.15, -0.1) is 0 Å². The van der Waals surface area contributed by atoms with Crippen LogP contribution in [0.4, 0.5) is 15.9 Å². The third-order valence-electron chi connectivity index (χ3n) is 4.87. The van der Waals surface area contributed by atoms with Crippen molar-refractivity contribution in [2.24, 2.45) is 0 Å². The molecule has 3 aromatic rings. The van der Waals surface area contributed by atoms with Gasteiger partial charge in [0, 0.05) is 59.7 Å². The number of halogens is 1. The van der Waals surface area contributed by atoms with E-state index in [2.05, 4.69) is 15.3 Å². The number of carbonyl (C=O) groups excluding carboxylic acids is 1. The summed E-state index contributed by atoms with van der Waals surface area (Å²) >= 11 is 0. The maximum atomic E-state index is 13.6. The van der Waals surface area contributed by atoms with Crippen LogP contribution in [-0.4, -0.2) is 38.8 Å². The number of likely N-dealkylation sites (tertiary alicyclic amines) is 1. The molecule has 3 heterocycles. The van der Waals surface area contributed by atoms with Gasteiger partial charge in [0.2, 0.25) is 5.91 Å². The highest BCUT2D eigenvalue weighted by Gasteiger charge is 2.25. The standard InChI is InChI=1S/C22H22FN5O/c1-15(29)28-10-4-6-17(14-28)22-26-20(16-5-3-9-24-13-16)12-21(27-22)25-19-8-2-7-18(23)11-19/h2-3,5,7-9,11-13,17H,4,6,10,14H2,1H3,(H,25,26,27)/i1D3. The summed E-state index contributed by atoms with van der Waals surface area (Å²) in [5.41, 5.74) is 1.94. The average Bonchev–Trinajstić information content (AvgIpc) is 2.78. The number of nitrogens with one attached hydrogen (secondary N) is 1. The Kier molecular flexibility index (Phi) is 4.48. The summed E-state index contributed by atoms with van der Waals surface area (Å²) in [7, 11) is 0. The number of benzene rings is 1. The minimum absolute atomic E-state index is 0.222. The van der Waals surface area contributed by atoms with Gasteiger partial charge in [-0.05, 0) is 43.2 Å². The summed E-state index contributed by atoms with van der Waals surface area (Å²) in [6.45, 7) is -2.05. The normalized spacial score (nSPS) is 18.4. The first-order chi connectivity index (χ1) is 15.3. The van der Waals surface area contributed by atoms with E-state index in [0.717, 1.165) is 12.0 Å². The molecule has 148 valence electrons. The molecule has 1 fully saturated rings. The highest BCUT2D eigenvalue weighted by Crippen LogP contribution is 2.29. The molecule has 0 saturated carbocycles. The van der Waals surface area contributed by atoms with E-state index in [0.29, 0.717) is 36.0 Å². The number of pyridine rings is 1. The molecule has 0 spiro atoms. The van der Waals surface area contributed by atoms with Gasteiger partial charge in [-0.25, -0.2) is 14.4 Å². The fraction of sp³-hybridized carbons (Fsp3) is 0.273. The SMILES string of the molecule is [2H]C([2H])([2H])C(=O)N1CCCC(c2nc(Nc3cccc(F)c3)cc(-c3cccnc3)n2)C1. The Bertz CT molecular complexity index is 1110. The Labute approximate surface area is 173 Å². The molecule has 7 heteroatoms. The van der Waals surface area contributed by atoms with Gasteiger partial charge in [0.15, 0.2) is 0 Å². The van der Waals surface area contributed by atoms with Crippen LogP contribution < -0.4 is 5.32 Å². The van der Waals surface area contributed by atoms with Crippen LogP contribution in [0.2, 0.25) is 0 Å². The number of hydrogen-bond acceptors (Lipinski definition) is 5. The third-order valence-corrected chi connectivity index (χ3v) is 4.87. The van der Waals surface area contributed by atoms with E-state index in [4.69, 9.17) is 9.10 Å². The monoisotopic (exact) mass is 394 g/mol. The first-order valence-electron chi connectivity index (χ1n) is 10.9. The van der Waals surface area contributed by atoms with Crippen LogP contribution in [0, 0.1) is 5.82 Å². The van der Waals surface area contributed by atoms with E-state index >= 15 is 0 Å². The molecule has 1 aliphatic rings. The summed E-state index contributed by atoms with van der Waals surface area (Å²) in [6.07, 6.45) is 4.72. The minimum Gasteiger partial charge on any atom is -0.342 e. The van der Waals surface area contributed by atoms with Gasteiger partial charge in [-0.1, -0.05) is 6.07 Å². The van der Waals surface area contributed by atoms with Gasteiger partial charge in [0.25, 0.3) is 0 Å². The zero-order valence-electron chi connectivity index (χ0n) is 18.7. The second-order valence-electron chi connectivity index (χ2n) is 6.96. The Morgan fingerprint density at radius 3 is 3.00 bits per heavy atom. The zero-order chi connectivity index (χ0) is 22.7. The number of piperidine rings is 1. The van der Waals surface area contributed by atoms with E-state index in [1.807, 2.05) is 6.07 Å². The second-order valence-corrected chi connectivity index (χ2v) is 6.96. The molecule has 1 N–H and O–H groups in total. The smallest absolute Gasteiger partial charge is 0.219 e. The topological polar surface area (TPSA) is 71.0 Å². The summed E-state index contributed by atoms with van der Waals surface area (Å²) in [5, 5.41) is 3.11. The number of nitrogens with zero attached hydrogens (tertiary/aromatic N) is 4. The highest BCUT2D eigenvalue weighted by molar-refractivity contribution is 5.73. The summed E-state index contributed by atoms with van der Waals surface area (Å²) in [5.74, 6) is -0.488. The third kappa shape index (κ3) is 4.56. The first-order valence-corrected chi connectivity index (χ1v) is 9.41. The lowest BCUT2D eigenvalue weighted by Gasteiger charge is -2.31. The fourth-order valence-corrected chi connectivity index (χ4v) is 3.46. The van der Waals surface area contributed by atoms with Crippen LogP contribution >= 0.6 is 0 Å². The summed E-state index contributed by atoms with van der Waals surface area (Å²) in [4.78, 5) is 27.1. The van der Waals surface area contributed by atoms with Gasteiger partial charge < -0.3 is 10.2 Å². The Morgan fingerprint density at radius 2 is 2.21 bits per heavy atom. The molecule has 0 bridgehead atoms. The Hall–Kier alpha value is -3.35. The van der Waals surface area contributed by atoms with Crippen molar-refractivity contribution in [3.8, 4) is 11.3 Å². The van der Waals surface area contributed by atoms with Crippen molar-refractivity contribution in [2.75, 3.05) is 18.4 Å². The minimum atomic E-state index is -2.68. The van der Waals surface area contributed by atoms with Crippen molar-refractivity contribution in [1.82, 2.24) is 19.9 Å². The predicted octanol–water partition coefficient (Wildman–Crippen LogP) is 4.15. The van der Waals surface area contributed by atoms with Gasteiger partial charge in [0.05, 0.1) is 5.69 Å². The second kappa shape index (κ2) is 8.34. The van der Waals surface area contributed by atoms with Gasteiger partial charge in [-0.3, -0.25) is 9.78 Å². The van der Waals surface area contributed by atoms with Gasteiger partial charge in [0.1, 0.15) is 17.5 Å². The zero-order valence-corrected chi connectivity index (χ0v) is 15.7. The lowest BCUT2D eigenvalue weighted by Crippen LogP contribution is -2.38. The van der Waals surface area contributed by atoms with Crippen LogP contribution in [0.15, 0.2) is 54.9 Å². The average molecular weight is 394 g/mol. The molecule has 1 amide bonds. The van der Waals surface area contributed by atoms with Gasteiger partial charge in [-0.2, -0.15) is 0 Å². The number of hydrogen-bond donors (Lipinski definition) is 1. The van der Waals surface area contributed by atoms with Crippen LogP contribution in [0.1, 0.15) is 35.5 Å². The highest BCUT2D eigenvalue weighted by atomic mass is 19.1. The maximum Gasteiger partial charge on any atom is 0.219 e. The first kappa shape index (κ1) is 15.6. The summed E-state index contributed by atoms with van der Waals surface area (Å²) in [6, 6.07) is 11.5. The quantitative estimate of drug-likeness (QED) is 0.720. The number of carbonyl (C=O) groups is 1. The number of amides is 1. The van der Waals surface area contributed by atoms with Crippen molar-refractivity contribution in [1.29, 1.82) is 0 Å². The lowest BCUT2D eigenvalue weighted by molar-refractivity contribution is -0.130. The van der Waals surface area contributed by atoms with Crippen molar-refractivity contribution in [3.63, 3.8) is 0 Å². The molecule has 1 unspecified atom stereocenters. The van der Waals surface area contributed by atoms with Crippen molar-refractivity contribution < 1.29 is 13.3 Å². The van der Waals surface area contributed by atoms with E-state index in [1.54, 1.807) is 36.7 Å². The molecule has 6 nitrogen and oxygen atoms in total. The largest absolute Gasteiger partial charge is 0.342 e. The predicted molar refractivity (Wildman–Crippen MR) is 109 cm³/mol. The van der Waals surface area contributed by atoms with Crippen molar-refractivity contribution in [2.45, 2.75) is 25.6 Å². The molecule has 29 heavy (non-hydrogen) atoms. The van der Waals surface area contributed by atoms with E-state index in [-0.39, 0.29) is 18.3 Å². The Balaban J connectivity index is 1.68. The number of aromatic nitrogens is 3. The molecule has 1 atom stereocenters. The Morgan fingerprint density at radius 1 is 1.28 bits per heavy atom. The molecule has 1 aromatic carbocycles. The van der Waals surface area contributed by atoms with Crippen LogP contribution in [0.3, 0.4) is 0 Å². The van der Waals surface area contributed by atoms with Crippen molar-refractivity contribution >= 4 is 17.4 Å². The van der Waals surface area contributed by atoms with E-state index in [1.165, 1.54) is 17.0 Å². The molecule has 1 saturated heterocycles. The molecular weight excluding hydrogens is 369 g/mol. The molecule has 4 rings (SSSR count). The van der Waals surface area contributed by atoms with E-state index in [9.17, 15) is 9.18 Å². The van der Waals surface area contributed by atoms with Crippen molar-refractivity contribution in [3.05, 3.63) is 66.5 Å². The molecule has 1 aliphatic heterocycles. The van der Waals surface area contributed by atoms with Gasteiger partial charge >= 0.3 is 0 Å². The number of anilines is 2. The fourth-order valence-electron chi connectivity index (χ4n) is 3.46. The molecular formula is C22H22FN5O. The van der Waals surface area contributed by atoms with Crippen LogP contribution in [-0.2, 0) is 4.79 Å². The lowest BCUT2D eigenvalue weighted by atomic mass is 9.97. The van der Waals surface area contributed by atoms with Crippen LogP contribution in [0.5, 0.6) is 0 Å². The number of rotatable bonds is 4.